The lowest BCUT2D eigenvalue weighted by Crippen LogP contribution is -2.26. The second-order valence-corrected chi connectivity index (χ2v) is 6.06. The molecule has 3 aromatic heterocycles. The van der Waals surface area contributed by atoms with Gasteiger partial charge < -0.3 is 9.73 Å². The number of thioether (sulfide) groups is 1. The quantitative estimate of drug-likeness (QED) is 0.395. The molecule has 0 aliphatic heterocycles. The fourth-order valence-electron chi connectivity index (χ4n) is 2.22. The third-order valence-corrected chi connectivity index (χ3v) is 4.36. The first-order valence-electron chi connectivity index (χ1n) is 7.57. The zero-order valence-electron chi connectivity index (χ0n) is 13.3. The molecule has 3 aromatic rings. The van der Waals surface area contributed by atoms with Gasteiger partial charge in [-0.1, -0.05) is 17.8 Å². The van der Waals surface area contributed by atoms with E-state index in [4.69, 9.17) is 4.42 Å². The lowest BCUT2D eigenvalue weighted by molar-refractivity contribution is -0.118. The highest BCUT2D eigenvalue weighted by Gasteiger charge is 2.13. The van der Waals surface area contributed by atoms with Gasteiger partial charge in [-0.3, -0.25) is 14.2 Å². The molecule has 8 heteroatoms. The van der Waals surface area contributed by atoms with E-state index >= 15 is 0 Å². The fourth-order valence-corrected chi connectivity index (χ4v) is 3.04. The number of fused-ring (bicyclic) bond motifs is 1. The summed E-state index contributed by atoms with van der Waals surface area (Å²) in [4.78, 5) is 33.1. The van der Waals surface area contributed by atoms with E-state index in [-0.39, 0.29) is 17.2 Å². The topological polar surface area (TPSA) is 90.0 Å². The van der Waals surface area contributed by atoms with Crippen LogP contribution in [0.2, 0.25) is 0 Å². The molecular formula is C17H16N4O3S. The first kappa shape index (κ1) is 17.0. The molecule has 1 amide bonds. The van der Waals surface area contributed by atoms with Crippen LogP contribution in [0.3, 0.4) is 0 Å². The van der Waals surface area contributed by atoms with Crippen LogP contribution in [0.25, 0.3) is 11.0 Å². The molecule has 0 bridgehead atoms. The van der Waals surface area contributed by atoms with Crippen LogP contribution in [-0.2, 0) is 17.9 Å². The van der Waals surface area contributed by atoms with Crippen molar-refractivity contribution in [2.75, 3.05) is 5.75 Å². The minimum atomic E-state index is -0.198. The summed E-state index contributed by atoms with van der Waals surface area (Å²) in [6, 6.07) is 6.92. The molecule has 128 valence electrons. The molecule has 0 saturated carbocycles. The fraction of sp³-hybridized carbons (Fsp3) is 0.176. The monoisotopic (exact) mass is 356 g/mol. The number of nitrogens with zero attached hydrogens (tertiary/aromatic N) is 3. The van der Waals surface area contributed by atoms with Crippen molar-refractivity contribution in [3.63, 3.8) is 0 Å². The second-order valence-electron chi connectivity index (χ2n) is 5.12. The van der Waals surface area contributed by atoms with Gasteiger partial charge in [0.1, 0.15) is 5.76 Å². The van der Waals surface area contributed by atoms with E-state index in [0.29, 0.717) is 35.0 Å². The van der Waals surface area contributed by atoms with Gasteiger partial charge in [0.05, 0.1) is 23.9 Å². The molecule has 0 aliphatic rings. The van der Waals surface area contributed by atoms with Crippen LogP contribution < -0.4 is 10.9 Å². The van der Waals surface area contributed by atoms with Crippen LogP contribution in [0, 0.1) is 0 Å². The number of aromatic nitrogens is 3. The van der Waals surface area contributed by atoms with E-state index < -0.39 is 0 Å². The molecule has 3 heterocycles. The van der Waals surface area contributed by atoms with Crippen LogP contribution in [0.1, 0.15) is 5.76 Å². The smallest absolute Gasteiger partial charge is 0.263 e. The van der Waals surface area contributed by atoms with Crippen molar-refractivity contribution in [2.24, 2.45) is 0 Å². The molecule has 0 aromatic carbocycles. The van der Waals surface area contributed by atoms with Crippen molar-refractivity contribution < 1.29 is 9.21 Å². The molecule has 0 atom stereocenters. The average molecular weight is 356 g/mol. The molecule has 0 saturated heterocycles. The Labute approximate surface area is 147 Å². The van der Waals surface area contributed by atoms with E-state index in [1.807, 2.05) is 0 Å². The Morgan fingerprint density at radius 2 is 2.28 bits per heavy atom. The van der Waals surface area contributed by atoms with Crippen LogP contribution in [0.5, 0.6) is 0 Å². The van der Waals surface area contributed by atoms with Gasteiger partial charge in [0.15, 0.2) is 10.8 Å². The minimum Gasteiger partial charge on any atom is -0.467 e. The zero-order valence-corrected chi connectivity index (χ0v) is 14.2. The van der Waals surface area contributed by atoms with E-state index in [9.17, 15) is 9.59 Å². The predicted octanol–water partition coefficient (Wildman–Crippen LogP) is 1.98. The van der Waals surface area contributed by atoms with Crippen LogP contribution in [-0.4, -0.2) is 26.2 Å². The molecule has 0 radical (unpaired) electrons. The molecule has 0 fully saturated rings. The van der Waals surface area contributed by atoms with Crippen molar-refractivity contribution in [2.45, 2.75) is 18.2 Å². The number of carbonyl (C=O) groups excluding carboxylic acids is 1. The maximum Gasteiger partial charge on any atom is 0.263 e. The number of carbonyl (C=O) groups is 1. The van der Waals surface area contributed by atoms with Gasteiger partial charge in [0.2, 0.25) is 5.91 Å². The Balaban J connectivity index is 1.75. The number of furan rings is 1. The van der Waals surface area contributed by atoms with Gasteiger partial charge in [0.25, 0.3) is 5.56 Å². The van der Waals surface area contributed by atoms with Gasteiger partial charge in [0, 0.05) is 12.7 Å². The third kappa shape index (κ3) is 3.97. The van der Waals surface area contributed by atoms with Crippen LogP contribution >= 0.6 is 11.8 Å². The van der Waals surface area contributed by atoms with Gasteiger partial charge in [-0.05, 0) is 24.3 Å². The molecule has 1 N–H and O–H groups in total. The van der Waals surface area contributed by atoms with Gasteiger partial charge in [-0.25, -0.2) is 9.97 Å². The van der Waals surface area contributed by atoms with Gasteiger partial charge >= 0.3 is 0 Å². The average Bonchev–Trinajstić information content (AvgIpc) is 3.14. The number of rotatable bonds is 7. The first-order valence-corrected chi connectivity index (χ1v) is 8.56. The van der Waals surface area contributed by atoms with Crippen LogP contribution in [0.4, 0.5) is 0 Å². The number of hydrogen-bond acceptors (Lipinski definition) is 6. The molecule has 0 unspecified atom stereocenters. The summed E-state index contributed by atoms with van der Waals surface area (Å²) < 4.78 is 6.65. The summed E-state index contributed by atoms with van der Waals surface area (Å²) in [6.45, 7) is 4.30. The van der Waals surface area contributed by atoms with Crippen molar-refractivity contribution in [3.8, 4) is 0 Å². The normalized spacial score (nSPS) is 10.7. The highest BCUT2D eigenvalue weighted by atomic mass is 32.2. The SMILES string of the molecule is C=CCn1c(SCC(=O)NCc2ccco2)nc2ncccc2c1=O. The third-order valence-electron chi connectivity index (χ3n) is 3.38. The molecular weight excluding hydrogens is 340 g/mol. The molecule has 7 nitrogen and oxygen atoms in total. The summed E-state index contributed by atoms with van der Waals surface area (Å²) in [7, 11) is 0. The number of allylic oxidation sites excluding steroid dienone is 1. The van der Waals surface area contributed by atoms with E-state index in [0.717, 1.165) is 0 Å². The number of amides is 1. The van der Waals surface area contributed by atoms with E-state index in [1.165, 1.54) is 16.3 Å². The number of hydrogen-bond donors (Lipinski definition) is 1. The van der Waals surface area contributed by atoms with Crippen molar-refractivity contribution in [3.05, 3.63) is 65.5 Å². The van der Waals surface area contributed by atoms with E-state index in [1.54, 1.807) is 42.8 Å². The molecule has 25 heavy (non-hydrogen) atoms. The largest absolute Gasteiger partial charge is 0.467 e. The van der Waals surface area contributed by atoms with Crippen molar-refractivity contribution in [1.82, 2.24) is 19.9 Å². The van der Waals surface area contributed by atoms with Gasteiger partial charge in [-0.15, -0.1) is 6.58 Å². The standard InChI is InChI=1S/C17H16N4O3S/c1-2-8-21-16(23)13-6-3-7-18-15(13)20-17(21)25-11-14(22)19-10-12-5-4-9-24-12/h2-7,9H,1,8,10-11H2,(H,19,22). The maximum atomic E-state index is 12.6. The predicted molar refractivity (Wildman–Crippen MR) is 95.3 cm³/mol. The maximum absolute atomic E-state index is 12.6. The Hall–Kier alpha value is -2.87. The lowest BCUT2D eigenvalue weighted by atomic mass is 10.3. The summed E-state index contributed by atoms with van der Waals surface area (Å²) in [5, 5.41) is 3.63. The van der Waals surface area contributed by atoms with Gasteiger partial charge in [-0.2, -0.15) is 0 Å². The Bertz CT molecular complexity index is 950. The minimum absolute atomic E-state index is 0.128. The summed E-state index contributed by atoms with van der Waals surface area (Å²) in [5.74, 6) is 0.625. The van der Waals surface area contributed by atoms with Crippen molar-refractivity contribution >= 4 is 28.7 Å². The lowest BCUT2D eigenvalue weighted by Gasteiger charge is -2.10. The highest BCUT2D eigenvalue weighted by molar-refractivity contribution is 7.99. The van der Waals surface area contributed by atoms with Crippen molar-refractivity contribution in [1.29, 1.82) is 0 Å². The molecule has 0 spiro atoms. The molecule has 0 aliphatic carbocycles. The highest BCUT2D eigenvalue weighted by Crippen LogP contribution is 2.16. The summed E-state index contributed by atoms with van der Waals surface area (Å²) in [6.07, 6.45) is 4.75. The first-order chi connectivity index (χ1) is 12.2. The van der Waals surface area contributed by atoms with E-state index in [2.05, 4.69) is 21.9 Å². The second kappa shape index (κ2) is 7.80. The Morgan fingerprint density at radius 3 is 3.04 bits per heavy atom. The summed E-state index contributed by atoms with van der Waals surface area (Å²) in [5.41, 5.74) is 0.169. The molecule has 3 rings (SSSR count). The summed E-state index contributed by atoms with van der Waals surface area (Å²) >= 11 is 1.18. The Kier molecular flexibility index (Phi) is 5.30. The number of nitrogens with one attached hydrogen (secondary N) is 1. The van der Waals surface area contributed by atoms with Crippen LogP contribution in [0.15, 0.2) is 63.7 Å². The Morgan fingerprint density at radius 1 is 1.40 bits per heavy atom. The number of pyridine rings is 1. The zero-order chi connectivity index (χ0) is 17.6.